The van der Waals surface area contributed by atoms with E-state index in [4.69, 9.17) is 16.3 Å². The highest BCUT2D eigenvalue weighted by molar-refractivity contribution is 7.91. The van der Waals surface area contributed by atoms with Crippen molar-refractivity contribution in [1.82, 2.24) is 0 Å². The van der Waals surface area contributed by atoms with E-state index in [0.717, 1.165) is 0 Å². The van der Waals surface area contributed by atoms with E-state index in [1.165, 1.54) is 19.2 Å². The third-order valence-electron chi connectivity index (χ3n) is 1.68. The summed E-state index contributed by atoms with van der Waals surface area (Å²) in [5.41, 5.74) is 0. The molecule has 77 valence electrons. The van der Waals surface area contributed by atoms with Gasteiger partial charge in [0.25, 0.3) is 0 Å². The lowest BCUT2D eigenvalue weighted by atomic mass is 10.3. The van der Waals surface area contributed by atoms with Crippen molar-refractivity contribution in [2.24, 2.45) is 0 Å². The van der Waals surface area contributed by atoms with Crippen LogP contribution in [0.15, 0.2) is 23.1 Å². The molecule has 1 aromatic carbocycles. The number of hydrogen-bond acceptors (Lipinski definition) is 3. The second kappa shape index (κ2) is 4.66. The molecule has 0 N–H and O–H groups in total. The predicted octanol–water partition coefficient (Wildman–Crippen LogP) is 1.51. The third-order valence-corrected chi connectivity index (χ3v) is 3.81. The van der Waals surface area contributed by atoms with Crippen molar-refractivity contribution < 1.29 is 13.2 Å². The number of rotatable bonds is 4. The normalized spacial score (nSPS) is 11.3. The maximum Gasteiger partial charge on any atom is 0.179 e. The Morgan fingerprint density at radius 3 is 2.64 bits per heavy atom. The summed E-state index contributed by atoms with van der Waals surface area (Å²) in [6.45, 7) is 0. The Bertz CT molecular complexity index is 383. The first-order chi connectivity index (χ1) is 6.60. The van der Waals surface area contributed by atoms with Crippen LogP contribution in [0.5, 0.6) is 5.75 Å². The summed E-state index contributed by atoms with van der Waals surface area (Å²) >= 11 is 5.38. The molecule has 0 aliphatic heterocycles. The van der Waals surface area contributed by atoms with Gasteiger partial charge >= 0.3 is 0 Å². The SMILES string of the molecule is COc1[c]cc(S(=O)(=O)CCCl)cc1. The van der Waals surface area contributed by atoms with Gasteiger partial charge in [-0.05, 0) is 18.2 Å². The number of methoxy groups -OCH3 is 1. The minimum Gasteiger partial charge on any atom is -0.496 e. The third kappa shape index (κ3) is 2.62. The van der Waals surface area contributed by atoms with Gasteiger partial charge in [-0.1, -0.05) is 0 Å². The van der Waals surface area contributed by atoms with E-state index in [2.05, 4.69) is 6.07 Å². The Morgan fingerprint density at radius 2 is 2.21 bits per heavy atom. The van der Waals surface area contributed by atoms with Gasteiger partial charge in [0.2, 0.25) is 0 Å². The minimum atomic E-state index is -3.25. The number of alkyl halides is 1. The molecule has 0 amide bonds. The van der Waals surface area contributed by atoms with E-state index in [1.54, 1.807) is 6.07 Å². The predicted molar refractivity (Wildman–Crippen MR) is 54.6 cm³/mol. The van der Waals surface area contributed by atoms with Gasteiger partial charge in [-0.3, -0.25) is 0 Å². The zero-order chi connectivity index (χ0) is 10.6. The van der Waals surface area contributed by atoms with E-state index < -0.39 is 9.84 Å². The smallest absolute Gasteiger partial charge is 0.179 e. The summed E-state index contributed by atoms with van der Waals surface area (Å²) in [5, 5.41) is 0. The van der Waals surface area contributed by atoms with Gasteiger partial charge < -0.3 is 4.74 Å². The number of halogens is 1. The second-order valence-electron chi connectivity index (χ2n) is 2.60. The van der Waals surface area contributed by atoms with Gasteiger partial charge in [0.05, 0.1) is 17.8 Å². The van der Waals surface area contributed by atoms with Crippen LogP contribution in [-0.2, 0) is 9.84 Å². The van der Waals surface area contributed by atoms with Crippen molar-refractivity contribution in [2.45, 2.75) is 4.90 Å². The molecule has 14 heavy (non-hydrogen) atoms. The molecule has 0 spiro atoms. The first kappa shape index (κ1) is 11.3. The summed E-state index contributed by atoms with van der Waals surface area (Å²) in [4.78, 5) is 0.221. The Balaban J connectivity index is 2.97. The van der Waals surface area contributed by atoms with Crippen LogP contribution in [0, 0.1) is 6.07 Å². The quantitative estimate of drug-likeness (QED) is 0.741. The molecule has 3 nitrogen and oxygen atoms in total. The van der Waals surface area contributed by atoms with Gasteiger partial charge in [0.1, 0.15) is 5.75 Å². The minimum absolute atomic E-state index is 0.0608. The zero-order valence-electron chi connectivity index (χ0n) is 7.66. The van der Waals surface area contributed by atoms with Crippen LogP contribution in [0.25, 0.3) is 0 Å². The molecule has 0 saturated carbocycles. The molecule has 0 saturated heterocycles. The Morgan fingerprint density at radius 1 is 1.50 bits per heavy atom. The molecular weight excluding hydrogens is 224 g/mol. The molecule has 0 aliphatic carbocycles. The maximum atomic E-state index is 11.5. The van der Waals surface area contributed by atoms with Crippen LogP contribution in [0.3, 0.4) is 0 Å². The number of hydrogen-bond donors (Lipinski definition) is 0. The van der Waals surface area contributed by atoms with Crippen molar-refractivity contribution in [3.63, 3.8) is 0 Å². The molecule has 0 aliphatic rings. The molecule has 0 aromatic heterocycles. The van der Waals surface area contributed by atoms with Gasteiger partial charge in [-0.25, -0.2) is 8.42 Å². The fourth-order valence-corrected chi connectivity index (χ4v) is 2.50. The molecule has 0 atom stereocenters. The van der Waals surface area contributed by atoms with Gasteiger partial charge in [0, 0.05) is 11.9 Å². The van der Waals surface area contributed by atoms with Crippen LogP contribution in [0.4, 0.5) is 0 Å². The maximum absolute atomic E-state index is 11.5. The molecule has 0 heterocycles. The summed E-state index contributed by atoms with van der Waals surface area (Å²) in [6, 6.07) is 7.14. The Hall–Kier alpha value is -0.740. The Labute approximate surface area is 88.6 Å². The van der Waals surface area contributed by atoms with Crippen LogP contribution in [0.2, 0.25) is 0 Å². The van der Waals surface area contributed by atoms with Crippen LogP contribution >= 0.6 is 11.6 Å². The fourth-order valence-electron chi connectivity index (χ4n) is 0.936. The number of benzene rings is 1. The molecule has 5 heteroatoms. The molecule has 0 bridgehead atoms. The monoisotopic (exact) mass is 233 g/mol. The average molecular weight is 234 g/mol. The van der Waals surface area contributed by atoms with Gasteiger partial charge in [-0.15, -0.1) is 11.6 Å². The summed E-state index contributed by atoms with van der Waals surface area (Å²) < 4.78 is 27.8. The fraction of sp³-hybridized carbons (Fsp3) is 0.333. The highest BCUT2D eigenvalue weighted by Gasteiger charge is 2.12. The van der Waals surface area contributed by atoms with Crippen LogP contribution < -0.4 is 4.74 Å². The lowest BCUT2D eigenvalue weighted by molar-refractivity contribution is 0.413. The molecular formula is C9H10ClO3S. The van der Waals surface area contributed by atoms with Crippen molar-refractivity contribution in [2.75, 3.05) is 18.7 Å². The van der Waals surface area contributed by atoms with E-state index in [1.807, 2.05) is 0 Å². The lowest BCUT2D eigenvalue weighted by Crippen LogP contribution is -2.07. The molecule has 1 aromatic rings. The first-order valence-electron chi connectivity index (χ1n) is 3.94. The highest BCUT2D eigenvalue weighted by atomic mass is 35.5. The lowest BCUT2D eigenvalue weighted by Gasteiger charge is -2.02. The number of ether oxygens (including phenoxy) is 1. The van der Waals surface area contributed by atoms with E-state index in [-0.39, 0.29) is 16.5 Å². The molecule has 1 rings (SSSR count). The van der Waals surface area contributed by atoms with Crippen molar-refractivity contribution in [1.29, 1.82) is 0 Å². The van der Waals surface area contributed by atoms with Crippen LogP contribution in [0.1, 0.15) is 0 Å². The van der Waals surface area contributed by atoms with E-state index >= 15 is 0 Å². The molecule has 0 fully saturated rings. The standard InChI is InChI=1S/C9H10ClO3S/c1-13-8-2-4-9(5-3-8)14(11,12)7-6-10/h2,4-5H,6-7H2,1H3. The second-order valence-corrected chi connectivity index (χ2v) is 5.09. The van der Waals surface area contributed by atoms with E-state index in [0.29, 0.717) is 5.75 Å². The average Bonchev–Trinajstić information content (AvgIpc) is 2.18. The van der Waals surface area contributed by atoms with Crippen molar-refractivity contribution in [3.8, 4) is 5.75 Å². The largest absolute Gasteiger partial charge is 0.496 e. The van der Waals surface area contributed by atoms with Crippen molar-refractivity contribution >= 4 is 21.4 Å². The van der Waals surface area contributed by atoms with Crippen molar-refractivity contribution in [3.05, 3.63) is 24.3 Å². The van der Waals surface area contributed by atoms with Gasteiger partial charge in [0.15, 0.2) is 9.84 Å². The van der Waals surface area contributed by atoms with E-state index in [9.17, 15) is 8.42 Å². The first-order valence-corrected chi connectivity index (χ1v) is 6.13. The number of sulfone groups is 1. The summed E-state index contributed by atoms with van der Waals surface area (Å²) in [5.74, 6) is 0.540. The highest BCUT2D eigenvalue weighted by Crippen LogP contribution is 2.15. The Kier molecular flexibility index (Phi) is 3.77. The molecule has 1 radical (unpaired) electrons. The zero-order valence-corrected chi connectivity index (χ0v) is 9.23. The van der Waals surface area contributed by atoms with Gasteiger partial charge in [-0.2, -0.15) is 0 Å². The topological polar surface area (TPSA) is 43.4 Å². The van der Waals surface area contributed by atoms with Crippen LogP contribution in [-0.4, -0.2) is 27.2 Å². The summed E-state index contributed by atoms with van der Waals surface area (Å²) in [6.07, 6.45) is 0. The summed E-state index contributed by atoms with van der Waals surface area (Å²) in [7, 11) is -1.76. The molecule has 0 unspecified atom stereocenters.